The number of oxazole rings is 1. The lowest BCUT2D eigenvalue weighted by atomic mass is 10.2. The van der Waals surface area contributed by atoms with Gasteiger partial charge in [0, 0.05) is 5.56 Å². The third kappa shape index (κ3) is 3.53. The van der Waals surface area contributed by atoms with Gasteiger partial charge in [0.2, 0.25) is 17.5 Å². The Morgan fingerprint density at radius 1 is 1.38 bits per heavy atom. The number of aromatic nitrogens is 1. The van der Waals surface area contributed by atoms with Gasteiger partial charge in [-0.05, 0) is 31.5 Å². The normalized spacial score (nSPS) is 10.4. The molecule has 2 N–H and O–H groups in total. The van der Waals surface area contributed by atoms with Gasteiger partial charge >= 0.3 is 5.97 Å². The molecule has 1 heterocycles. The number of benzene rings is 1. The van der Waals surface area contributed by atoms with Gasteiger partial charge in [0.05, 0.1) is 13.2 Å². The van der Waals surface area contributed by atoms with Crippen molar-refractivity contribution in [2.45, 2.75) is 20.3 Å². The molecule has 0 aliphatic carbocycles. The maximum Gasteiger partial charge on any atom is 0.362 e. The number of nitrogens with two attached hydrogens (primary N) is 1. The van der Waals surface area contributed by atoms with Gasteiger partial charge in [-0.15, -0.1) is 0 Å². The van der Waals surface area contributed by atoms with Crippen molar-refractivity contribution in [1.82, 2.24) is 4.98 Å². The van der Waals surface area contributed by atoms with E-state index in [4.69, 9.17) is 19.6 Å². The molecule has 0 saturated heterocycles. The van der Waals surface area contributed by atoms with Crippen molar-refractivity contribution in [3.63, 3.8) is 0 Å². The Hall–Kier alpha value is -2.50. The highest BCUT2D eigenvalue weighted by atomic mass is 16.5. The van der Waals surface area contributed by atoms with E-state index in [2.05, 4.69) is 4.98 Å². The number of ether oxygens (including phenoxy) is 2. The molecule has 0 aliphatic heterocycles. The Bertz CT molecular complexity index is 622. The number of carbonyl (C=O) groups excluding carboxylic acids is 1. The fraction of sp³-hybridized carbons (Fsp3) is 0.333. The van der Waals surface area contributed by atoms with E-state index in [1.54, 1.807) is 19.1 Å². The monoisotopic (exact) mass is 290 g/mol. The first kappa shape index (κ1) is 14.9. The highest BCUT2D eigenvalue weighted by Gasteiger charge is 2.20. The highest BCUT2D eigenvalue weighted by molar-refractivity contribution is 5.92. The molecule has 0 fully saturated rings. The van der Waals surface area contributed by atoms with E-state index < -0.39 is 5.97 Å². The summed E-state index contributed by atoms with van der Waals surface area (Å²) in [5.41, 5.74) is 6.35. The van der Waals surface area contributed by atoms with Crippen molar-refractivity contribution >= 4 is 11.9 Å². The summed E-state index contributed by atoms with van der Waals surface area (Å²) in [6.07, 6.45) is 0.920. The number of hydrogen-bond donors (Lipinski definition) is 1. The van der Waals surface area contributed by atoms with E-state index in [9.17, 15) is 4.79 Å². The van der Waals surface area contributed by atoms with Gasteiger partial charge in [0.15, 0.2) is 0 Å². The molecule has 0 spiro atoms. The number of hydrogen-bond acceptors (Lipinski definition) is 6. The van der Waals surface area contributed by atoms with Crippen LogP contribution in [0.2, 0.25) is 0 Å². The first-order chi connectivity index (χ1) is 10.2. The van der Waals surface area contributed by atoms with Gasteiger partial charge in [-0.2, -0.15) is 4.98 Å². The van der Waals surface area contributed by atoms with Crippen molar-refractivity contribution in [2.24, 2.45) is 0 Å². The molecular weight excluding hydrogens is 272 g/mol. The standard InChI is InChI=1S/C15H18N2O4/c1-3-8-20-11-7-5-6-10(9-11)14-17-12(13(16)21-14)15(18)19-4-2/h5-7,9H,3-4,8,16H2,1-2H3. The van der Waals surface area contributed by atoms with Crippen LogP contribution in [-0.2, 0) is 4.74 Å². The van der Waals surface area contributed by atoms with Crippen LogP contribution in [0.25, 0.3) is 11.5 Å². The molecule has 0 aliphatic rings. The topological polar surface area (TPSA) is 87.6 Å². The summed E-state index contributed by atoms with van der Waals surface area (Å²) < 4.78 is 15.8. The summed E-state index contributed by atoms with van der Waals surface area (Å²) in [5, 5.41) is 0. The van der Waals surface area contributed by atoms with Crippen LogP contribution in [0, 0.1) is 0 Å². The van der Waals surface area contributed by atoms with Gasteiger partial charge in [-0.1, -0.05) is 13.0 Å². The van der Waals surface area contributed by atoms with E-state index >= 15 is 0 Å². The average molecular weight is 290 g/mol. The van der Waals surface area contributed by atoms with Crippen LogP contribution in [0.1, 0.15) is 30.8 Å². The number of esters is 1. The van der Waals surface area contributed by atoms with Gasteiger partial charge in [-0.25, -0.2) is 4.79 Å². The summed E-state index contributed by atoms with van der Waals surface area (Å²) in [6.45, 7) is 4.62. The number of nitrogens with zero attached hydrogens (tertiary/aromatic N) is 1. The SMILES string of the molecule is CCCOc1cccc(-c2nc(C(=O)OCC)c(N)o2)c1. The van der Waals surface area contributed by atoms with E-state index in [1.165, 1.54) is 0 Å². The second kappa shape index (κ2) is 6.78. The lowest BCUT2D eigenvalue weighted by Gasteiger charge is -2.04. The van der Waals surface area contributed by atoms with Crippen LogP contribution in [0.15, 0.2) is 28.7 Å². The van der Waals surface area contributed by atoms with Crippen LogP contribution in [0.3, 0.4) is 0 Å². The van der Waals surface area contributed by atoms with Crippen molar-refractivity contribution in [2.75, 3.05) is 18.9 Å². The van der Waals surface area contributed by atoms with Crippen molar-refractivity contribution < 1.29 is 18.7 Å². The number of anilines is 1. The summed E-state index contributed by atoms with van der Waals surface area (Å²) in [4.78, 5) is 15.8. The van der Waals surface area contributed by atoms with E-state index in [1.807, 2.05) is 19.1 Å². The van der Waals surface area contributed by atoms with E-state index in [0.717, 1.165) is 6.42 Å². The first-order valence-electron chi connectivity index (χ1n) is 6.82. The first-order valence-corrected chi connectivity index (χ1v) is 6.82. The van der Waals surface area contributed by atoms with Crippen LogP contribution < -0.4 is 10.5 Å². The van der Waals surface area contributed by atoms with Crippen LogP contribution in [-0.4, -0.2) is 24.2 Å². The largest absolute Gasteiger partial charge is 0.494 e. The molecule has 0 radical (unpaired) electrons. The zero-order valence-corrected chi connectivity index (χ0v) is 12.1. The molecule has 0 amide bonds. The molecule has 6 heteroatoms. The summed E-state index contributed by atoms with van der Waals surface area (Å²) in [5.74, 6) is 0.327. The maximum absolute atomic E-state index is 11.7. The second-order valence-electron chi connectivity index (χ2n) is 4.33. The summed E-state index contributed by atoms with van der Waals surface area (Å²) in [6, 6.07) is 7.26. The molecule has 2 rings (SSSR count). The molecule has 1 aromatic heterocycles. The van der Waals surface area contributed by atoms with E-state index in [0.29, 0.717) is 17.9 Å². The van der Waals surface area contributed by atoms with Crippen molar-refractivity contribution in [1.29, 1.82) is 0 Å². The fourth-order valence-electron chi connectivity index (χ4n) is 1.74. The molecule has 0 saturated carbocycles. The third-order valence-electron chi connectivity index (χ3n) is 2.68. The smallest absolute Gasteiger partial charge is 0.362 e. The Morgan fingerprint density at radius 3 is 2.90 bits per heavy atom. The minimum Gasteiger partial charge on any atom is -0.494 e. The second-order valence-corrected chi connectivity index (χ2v) is 4.33. The molecule has 112 valence electrons. The van der Waals surface area contributed by atoms with Gasteiger partial charge in [0.25, 0.3) is 0 Å². The van der Waals surface area contributed by atoms with Crippen LogP contribution in [0.5, 0.6) is 5.75 Å². The molecule has 0 atom stereocenters. The molecule has 1 aromatic carbocycles. The number of rotatable bonds is 6. The Balaban J connectivity index is 2.26. The van der Waals surface area contributed by atoms with Crippen molar-refractivity contribution in [3.8, 4) is 17.2 Å². The molecular formula is C15H18N2O4. The predicted octanol–water partition coefficient (Wildman–Crippen LogP) is 2.89. The van der Waals surface area contributed by atoms with E-state index in [-0.39, 0.29) is 24.1 Å². The Kier molecular flexibility index (Phi) is 4.81. The minimum absolute atomic E-state index is 0.00766. The molecule has 2 aromatic rings. The summed E-state index contributed by atoms with van der Waals surface area (Å²) >= 11 is 0. The minimum atomic E-state index is -0.594. The molecule has 21 heavy (non-hydrogen) atoms. The van der Waals surface area contributed by atoms with Gasteiger partial charge in [-0.3, -0.25) is 0 Å². The Labute approximate surface area is 122 Å². The lowest BCUT2D eigenvalue weighted by Crippen LogP contribution is -2.07. The molecule has 0 bridgehead atoms. The Morgan fingerprint density at radius 2 is 2.19 bits per heavy atom. The van der Waals surface area contributed by atoms with Gasteiger partial charge < -0.3 is 19.6 Å². The third-order valence-corrected chi connectivity index (χ3v) is 2.68. The zero-order chi connectivity index (χ0) is 15.2. The number of carbonyl (C=O) groups is 1. The van der Waals surface area contributed by atoms with Crippen LogP contribution >= 0.6 is 0 Å². The maximum atomic E-state index is 11.7. The summed E-state index contributed by atoms with van der Waals surface area (Å²) in [7, 11) is 0. The molecule has 0 unspecified atom stereocenters. The predicted molar refractivity (Wildman–Crippen MR) is 78.1 cm³/mol. The lowest BCUT2D eigenvalue weighted by molar-refractivity contribution is 0.0521. The average Bonchev–Trinajstić information content (AvgIpc) is 2.88. The van der Waals surface area contributed by atoms with Gasteiger partial charge in [0.1, 0.15) is 5.75 Å². The zero-order valence-electron chi connectivity index (χ0n) is 12.1. The van der Waals surface area contributed by atoms with Crippen molar-refractivity contribution in [3.05, 3.63) is 30.0 Å². The molecule has 6 nitrogen and oxygen atoms in total. The number of nitrogen functional groups attached to an aromatic ring is 1. The highest BCUT2D eigenvalue weighted by Crippen LogP contribution is 2.27. The fourth-order valence-corrected chi connectivity index (χ4v) is 1.74. The van der Waals surface area contributed by atoms with Crippen LogP contribution in [0.4, 0.5) is 5.88 Å². The quantitative estimate of drug-likeness (QED) is 0.823.